The van der Waals surface area contributed by atoms with E-state index in [2.05, 4.69) is 32.8 Å². The Bertz CT molecular complexity index is 1200. The fraction of sp³-hybridized carbons (Fsp3) is 0.462. The van der Waals surface area contributed by atoms with Crippen LogP contribution < -0.4 is 15.6 Å². The van der Waals surface area contributed by atoms with Crippen molar-refractivity contribution in [2.45, 2.75) is 17.9 Å². The Hall–Kier alpha value is -3.03. The zero-order valence-electron chi connectivity index (χ0n) is 21.6. The molecule has 2 aromatic rings. The summed E-state index contributed by atoms with van der Waals surface area (Å²) in [5.41, 5.74) is 6.19. The van der Waals surface area contributed by atoms with E-state index in [0.717, 1.165) is 32.7 Å². The number of benzene rings is 2. The van der Waals surface area contributed by atoms with E-state index in [-0.39, 0.29) is 41.6 Å². The third-order valence-corrected chi connectivity index (χ3v) is 8.62. The van der Waals surface area contributed by atoms with Gasteiger partial charge in [-0.05, 0) is 23.8 Å². The van der Waals surface area contributed by atoms with Gasteiger partial charge in [0.05, 0.1) is 20.3 Å². The number of sulfonamides is 1. The molecule has 12 heteroatoms. The highest BCUT2D eigenvalue weighted by Crippen LogP contribution is 2.28. The van der Waals surface area contributed by atoms with Crippen molar-refractivity contribution < 1.29 is 27.5 Å². The molecule has 2 fully saturated rings. The van der Waals surface area contributed by atoms with E-state index in [9.17, 15) is 18.0 Å². The van der Waals surface area contributed by atoms with Crippen LogP contribution in [0, 0.1) is 0 Å². The molecule has 0 aromatic heterocycles. The van der Waals surface area contributed by atoms with Crippen LogP contribution in [0.5, 0.6) is 5.75 Å². The number of piperazine rings is 1. The first kappa shape index (κ1) is 28.0. The second-order valence-electron chi connectivity index (χ2n) is 9.24. The molecule has 0 saturated carbocycles. The molecule has 0 spiro atoms. The third kappa shape index (κ3) is 7.29. The first-order valence-electron chi connectivity index (χ1n) is 12.7. The molecule has 0 bridgehead atoms. The maximum atomic E-state index is 13.1. The van der Waals surface area contributed by atoms with Gasteiger partial charge >= 0.3 is 0 Å². The lowest BCUT2D eigenvalue weighted by molar-refractivity contribution is -0.122. The van der Waals surface area contributed by atoms with Gasteiger partial charge in [-0.1, -0.05) is 30.3 Å². The topological polar surface area (TPSA) is 121 Å². The van der Waals surface area contributed by atoms with Crippen molar-refractivity contribution in [3.05, 3.63) is 59.7 Å². The smallest absolute Gasteiger partial charge is 0.269 e. The van der Waals surface area contributed by atoms with Crippen LogP contribution in [0.1, 0.15) is 22.3 Å². The molecule has 2 saturated heterocycles. The summed E-state index contributed by atoms with van der Waals surface area (Å²) >= 11 is 0. The average molecular weight is 546 g/mol. The highest BCUT2D eigenvalue weighted by molar-refractivity contribution is 7.89. The molecule has 2 aliphatic rings. The molecule has 2 amide bonds. The molecule has 11 nitrogen and oxygen atoms in total. The van der Waals surface area contributed by atoms with Crippen molar-refractivity contribution in [1.29, 1.82) is 0 Å². The monoisotopic (exact) mass is 545 g/mol. The number of ether oxygens (including phenoxy) is 2. The molecule has 206 valence electrons. The van der Waals surface area contributed by atoms with Gasteiger partial charge in [0.25, 0.3) is 5.91 Å². The van der Waals surface area contributed by atoms with E-state index in [4.69, 9.17) is 9.47 Å². The lowest BCUT2D eigenvalue weighted by atomic mass is 10.2. The molecule has 2 aromatic carbocycles. The van der Waals surface area contributed by atoms with Gasteiger partial charge in [0.15, 0.2) is 0 Å². The summed E-state index contributed by atoms with van der Waals surface area (Å²) in [5.74, 6) is -0.797. The van der Waals surface area contributed by atoms with Gasteiger partial charge in [0, 0.05) is 64.3 Å². The zero-order chi connectivity index (χ0) is 27.0. The molecular weight excluding hydrogens is 510 g/mol. The summed E-state index contributed by atoms with van der Waals surface area (Å²) < 4.78 is 38.1. The first-order valence-corrected chi connectivity index (χ1v) is 14.1. The maximum absolute atomic E-state index is 13.1. The second-order valence-corrected chi connectivity index (χ2v) is 11.1. The summed E-state index contributed by atoms with van der Waals surface area (Å²) in [7, 11) is -2.51. The summed E-state index contributed by atoms with van der Waals surface area (Å²) in [5, 5.41) is 0. The minimum Gasteiger partial charge on any atom is -0.495 e. The number of nitrogens with zero attached hydrogens (tertiary/aromatic N) is 3. The van der Waals surface area contributed by atoms with E-state index >= 15 is 0 Å². The minimum absolute atomic E-state index is 0.0903. The Labute approximate surface area is 223 Å². The fourth-order valence-corrected chi connectivity index (χ4v) is 6.07. The van der Waals surface area contributed by atoms with Crippen molar-refractivity contribution in [3.63, 3.8) is 0 Å². The van der Waals surface area contributed by atoms with E-state index in [0.29, 0.717) is 19.8 Å². The van der Waals surface area contributed by atoms with Crippen LogP contribution >= 0.6 is 0 Å². The maximum Gasteiger partial charge on any atom is 0.269 e. The van der Waals surface area contributed by atoms with Gasteiger partial charge in [-0.2, -0.15) is 4.31 Å². The van der Waals surface area contributed by atoms with Gasteiger partial charge in [0.1, 0.15) is 10.6 Å². The summed E-state index contributed by atoms with van der Waals surface area (Å²) in [6.45, 7) is 6.17. The van der Waals surface area contributed by atoms with Crippen molar-refractivity contribution in [3.8, 4) is 5.75 Å². The predicted octanol–water partition coefficient (Wildman–Crippen LogP) is 0.685. The number of hydrazine groups is 1. The van der Waals surface area contributed by atoms with Crippen LogP contribution in [0.2, 0.25) is 0 Å². The first-order chi connectivity index (χ1) is 18.4. The Balaban J connectivity index is 1.24. The zero-order valence-corrected chi connectivity index (χ0v) is 22.4. The molecule has 0 atom stereocenters. The fourth-order valence-electron chi connectivity index (χ4n) is 4.48. The molecule has 0 aliphatic carbocycles. The number of carbonyl (C=O) groups is 2. The van der Waals surface area contributed by atoms with Gasteiger partial charge in [-0.25, -0.2) is 8.42 Å². The Morgan fingerprint density at radius 3 is 2.29 bits per heavy atom. The van der Waals surface area contributed by atoms with Crippen LogP contribution in [-0.2, 0) is 26.1 Å². The molecule has 2 N–H and O–H groups in total. The quantitative estimate of drug-likeness (QED) is 0.442. The lowest BCUT2D eigenvalue weighted by Gasteiger charge is -2.34. The molecular formula is C26H35N5O6S. The van der Waals surface area contributed by atoms with Crippen molar-refractivity contribution in [2.24, 2.45) is 0 Å². The number of carbonyl (C=O) groups excluding carboxylic acids is 2. The number of amides is 2. The molecule has 4 rings (SSSR count). The van der Waals surface area contributed by atoms with E-state index < -0.39 is 15.9 Å². The number of hydrogen-bond acceptors (Lipinski definition) is 8. The summed E-state index contributed by atoms with van der Waals surface area (Å²) in [6, 6.07) is 14.5. The Kier molecular flexibility index (Phi) is 9.69. The SMILES string of the molecule is COc1ccc(C(=O)NNC(=O)CCN2CCN(Cc3ccccc3)CC2)cc1S(=O)(=O)N1CCOCC1. The standard InChI is InChI=1S/C26H35N5O6S/c1-36-23-8-7-22(19-24(23)38(34,35)31-15-17-37-18-16-31)26(33)28-27-25(32)9-10-29-11-13-30(14-12-29)20-21-5-3-2-4-6-21/h2-8,19H,9-18,20H2,1H3,(H,27,32)(H,28,33). The Morgan fingerprint density at radius 2 is 1.61 bits per heavy atom. The van der Waals surface area contributed by atoms with E-state index in [1.165, 1.54) is 35.2 Å². The van der Waals surface area contributed by atoms with Crippen LogP contribution in [0.25, 0.3) is 0 Å². The number of nitrogens with one attached hydrogen (secondary N) is 2. The van der Waals surface area contributed by atoms with Crippen molar-refractivity contribution in [1.82, 2.24) is 25.0 Å². The van der Waals surface area contributed by atoms with Crippen LogP contribution in [0.3, 0.4) is 0 Å². The van der Waals surface area contributed by atoms with Gasteiger partial charge in [-0.3, -0.25) is 25.3 Å². The van der Waals surface area contributed by atoms with Gasteiger partial charge < -0.3 is 14.4 Å². The van der Waals surface area contributed by atoms with Crippen LogP contribution in [-0.4, -0.2) is 100 Å². The van der Waals surface area contributed by atoms with E-state index in [1.807, 2.05) is 18.2 Å². The predicted molar refractivity (Wildman–Crippen MR) is 141 cm³/mol. The second kappa shape index (κ2) is 13.2. The number of morpholine rings is 1. The number of rotatable bonds is 9. The van der Waals surface area contributed by atoms with Crippen LogP contribution in [0.15, 0.2) is 53.4 Å². The molecule has 0 unspecified atom stereocenters. The van der Waals surface area contributed by atoms with Gasteiger partial charge in [-0.15, -0.1) is 0 Å². The highest BCUT2D eigenvalue weighted by Gasteiger charge is 2.30. The Morgan fingerprint density at radius 1 is 0.921 bits per heavy atom. The van der Waals surface area contributed by atoms with Crippen molar-refractivity contribution in [2.75, 3.05) is 66.1 Å². The van der Waals surface area contributed by atoms with E-state index in [1.54, 1.807) is 0 Å². The summed E-state index contributed by atoms with van der Waals surface area (Å²) in [4.78, 5) is 29.6. The molecule has 0 radical (unpaired) electrons. The minimum atomic E-state index is -3.88. The largest absolute Gasteiger partial charge is 0.495 e. The molecule has 38 heavy (non-hydrogen) atoms. The number of methoxy groups -OCH3 is 1. The lowest BCUT2D eigenvalue weighted by Crippen LogP contribution is -2.47. The molecule has 2 aliphatic heterocycles. The normalized spacial score (nSPS) is 17.6. The third-order valence-electron chi connectivity index (χ3n) is 6.70. The average Bonchev–Trinajstić information content (AvgIpc) is 2.96. The van der Waals surface area contributed by atoms with Gasteiger partial charge in [0.2, 0.25) is 15.9 Å². The molecule has 2 heterocycles. The number of hydrogen-bond donors (Lipinski definition) is 2. The summed E-state index contributed by atoms with van der Waals surface area (Å²) in [6.07, 6.45) is 0.234. The van der Waals surface area contributed by atoms with Crippen molar-refractivity contribution >= 4 is 21.8 Å². The highest BCUT2D eigenvalue weighted by atomic mass is 32.2. The van der Waals surface area contributed by atoms with Crippen LogP contribution in [0.4, 0.5) is 0 Å².